The van der Waals surface area contributed by atoms with E-state index >= 15 is 0 Å². The number of benzene rings is 1. The molecule has 0 aromatic heterocycles. The molecule has 1 aliphatic rings. The Morgan fingerprint density at radius 1 is 1.24 bits per heavy atom. The number of nitrogens with zero attached hydrogens (tertiary/aromatic N) is 1. The van der Waals surface area contributed by atoms with Crippen molar-refractivity contribution in [3.05, 3.63) is 29.8 Å². The maximum atomic E-state index is 12.2. The number of hydrogen-bond donors (Lipinski definition) is 0. The molecule has 1 amide bonds. The fourth-order valence-electron chi connectivity index (χ4n) is 1.95. The average molecular weight is 233 g/mol. The monoisotopic (exact) mass is 233 g/mol. The molecule has 0 atom stereocenters. The first-order valence-corrected chi connectivity index (χ1v) is 5.66. The van der Waals surface area contributed by atoms with Crippen LogP contribution in [-0.4, -0.2) is 36.8 Å². The second kappa shape index (κ2) is 4.99. The number of piperidine rings is 1. The average Bonchev–Trinajstić information content (AvgIpc) is 2.39. The summed E-state index contributed by atoms with van der Waals surface area (Å²) in [5.74, 6) is 0.749. The first-order valence-electron chi connectivity index (χ1n) is 5.66. The van der Waals surface area contributed by atoms with E-state index in [9.17, 15) is 9.59 Å². The summed E-state index contributed by atoms with van der Waals surface area (Å²) in [5, 5.41) is 0. The smallest absolute Gasteiger partial charge is 0.257 e. The number of carbonyl (C=O) groups is 2. The Kier molecular flexibility index (Phi) is 3.42. The highest BCUT2D eigenvalue weighted by atomic mass is 16.5. The first kappa shape index (κ1) is 11.6. The van der Waals surface area contributed by atoms with Gasteiger partial charge in [0.2, 0.25) is 0 Å². The van der Waals surface area contributed by atoms with Gasteiger partial charge in [-0.05, 0) is 12.1 Å². The van der Waals surface area contributed by atoms with Crippen molar-refractivity contribution in [2.24, 2.45) is 0 Å². The molecule has 0 N–H and O–H groups in total. The van der Waals surface area contributed by atoms with E-state index in [-0.39, 0.29) is 11.7 Å². The van der Waals surface area contributed by atoms with Gasteiger partial charge in [-0.25, -0.2) is 0 Å². The van der Waals surface area contributed by atoms with E-state index in [1.807, 2.05) is 12.1 Å². The van der Waals surface area contributed by atoms with Gasteiger partial charge in [0, 0.05) is 25.9 Å². The van der Waals surface area contributed by atoms with Crippen LogP contribution >= 0.6 is 0 Å². The second-order valence-corrected chi connectivity index (χ2v) is 4.03. The van der Waals surface area contributed by atoms with Gasteiger partial charge in [0.25, 0.3) is 5.91 Å². The first-order chi connectivity index (χ1) is 8.22. The van der Waals surface area contributed by atoms with Gasteiger partial charge in [-0.3, -0.25) is 9.59 Å². The Bertz CT molecular complexity index is 432. The fraction of sp³-hybridized carbons (Fsp3) is 0.385. The van der Waals surface area contributed by atoms with Gasteiger partial charge in [0.1, 0.15) is 11.5 Å². The summed E-state index contributed by atoms with van der Waals surface area (Å²) in [4.78, 5) is 25.1. The van der Waals surface area contributed by atoms with Gasteiger partial charge in [0.15, 0.2) is 0 Å². The van der Waals surface area contributed by atoms with Crippen molar-refractivity contribution in [2.75, 3.05) is 20.2 Å². The zero-order valence-corrected chi connectivity index (χ0v) is 9.81. The Hall–Kier alpha value is -1.84. The quantitative estimate of drug-likeness (QED) is 0.777. The van der Waals surface area contributed by atoms with Crippen LogP contribution in [0.5, 0.6) is 5.75 Å². The number of Topliss-reactive ketones (excluding diaryl/α,β-unsaturated/α-hetero) is 1. The third-order valence-corrected chi connectivity index (χ3v) is 2.95. The third kappa shape index (κ3) is 2.46. The summed E-state index contributed by atoms with van der Waals surface area (Å²) in [6, 6.07) is 7.15. The lowest BCUT2D eigenvalue weighted by atomic mass is 10.1. The molecule has 4 heteroatoms. The normalized spacial score (nSPS) is 15.8. The van der Waals surface area contributed by atoms with Gasteiger partial charge >= 0.3 is 0 Å². The third-order valence-electron chi connectivity index (χ3n) is 2.95. The lowest BCUT2D eigenvalue weighted by molar-refractivity contribution is -0.120. The number of para-hydroxylation sites is 1. The van der Waals surface area contributed by atoms with Crippen molar-refractivity contribution >= 4 is 11.7 Å². The van der Waals surface area contributed by atoms with Crippen LogP contribution < -0.4 is 4.74 Å². The number of ether oxygens (including phenoxy) is 1. The molecule has 17 heavy (non-hydrogen) atoms. The van der Waals surface area contributed by atoms with E-state index in [4.69, 9.17) is 4.74 Å². The Labute approximate surface area is 100 Å². The van der Waals surface area contributed by atoms with Gasteiger partial charge in [-0.1, -0.05) is 12.1 Å². The standard InChI is InChI=1S/C13H15NO3/c1-17-12-5-3-2-4-11(12)13(16)14-8-6-10(15)7-9-14/h2-5H,6-9H2,1H3. The van der Waals surface area contributed by atoms with Crippen LogP contribution in [0, 0.1) is 0 Å². The van der Waals surface area contributed by atoms with Gasteiger partial charge in [0.05, 0.1) is 12.7 Å². The lowest BCUT2D eigenvalue weighted by Crippen LogP contribution is -2.38. The minimum atomic E-state index is -0.0602. The molecule has 0 spiro atoms. The summed E-state index contributed by atoms with van der Waals surface area (Å²) in [7, 11) is 1.55. The fourth-order valence-corrected chi connectivity index (χ4v) is 1.95. The molecule has 1 heterocycles. The van der Waals surface area contributed by atoms with Crippen LogP contribution in [0.2, 0.25) is 0 Å². The highest BCUT2D eigenvalue weighted by molar-refractivity contribution is 5.97. The van der Waals surface area contributed by atoms with E-state index in [1.165, 1.54) is 0 Å². The molecule has 1 saturated heterocycles. The van der Waals surface area contributed by atoms with Crippen molar-refractivity contribution in [2.45, 2.75) is 12.8 Å². The molecular formula is C13H15NO3. The van der Waals surface area contributed by atoms with Gasteiger partial charge in [-0.2, -0.15) is 0 Å². The van der Waals surface area contributed by atoms with E-state index in [2.05, 4.69) is 0 Å². The molecule has 0 radical (unpaired) electrons. The largest absolute Gasteiger partial charge is 0.496 e. The molecule has 0 aliphatic carbocycles. The maximum absolute atomic E-state index is 12.2. The highest BCUT2D eigenvalue weighted by Gasteiger charge is 2.23. The summed E-state index contributed by atoms with van der Waals surface area (Å²) < 4.78 is 5.16. The zero-order chi connectivity index (χ0) is 12.3. The van der Waals surface area contributed by atoms with E-state index < -0.39 is 0 Å². The van der Waals surface area contributed by atoms with Crippen LogP contribution in [0.15, 0.2) is 24.3 Å². The summed E-state index contributed by atoms with van der Waals surface area (Å²) in [6.45, 7) is 1.02. The molecule has 1 aliphatic heterocycles. The molecule has 1 aromatic rings. The number of ketones is 1. The Morgan fingerprint density at radius 3 is 2.53 bits per heavy atom. The van der Waals surface area contributed by atoms with E-state index in [1.54, 1.807) is 24.1 Å². The number of amides is 1. The van der Waals surface area contributed by atoms with Crippen molar-refractivity contribution in [3.63, 3.8) is 0 Å². The number of likely N-dealkylation sites (tertiary alicyclic amines) is 1. The summed E-state index contributed by atoms with van der Waals surface area (Å²) >= 11 is 0. The van der Waals surface area contributed by atoms with Gasteiger partial charge < -0.3 is 9.64 Å². The Morgan fingerprint density at radius 2 is 1.88 bits per heavy atom. The number of rotatable bonds is 2. The zero-order valence-electron chi connectivity index (χ0n) is 9.81. The van der Waals surface area contributed by atoms with Crippen LogP contribution in [0.4, 0.5) is 0 Å². The Balaban J connectivity index is 2.16. The number of hydrogen-bond acceptors (Lipinski definition) is 3. The van der Waals surface area contributed by atoms with Crippen molar-refractivity contribution in [3.8, 4) is 5.75 Å². The maximum Gasteiger partial charge on any atom is 0.257 e. The predicted octanol–water partition coefficient (Wildman–Crippen LogP) is 1.50. The molecular weight excluding hydrogens is 218 g/mol. The van der Waals surface area contributed by atoms with Crippen molar-refractivity contribution in [1.82, 2.24) is 4.90 Å². The number of carbonyl (C=O) groups excluding carboxylic acids is 2. The SMILES string of the molecule is COc1ccccc1C(=O)N1CCC(=O)CC1. The van der Waals surface area contributed by atoms with Crippen LogP contribution in [0.1, 0.15) is 23.2 Å². The van der Waals surface area contributed by atoms with Crippen LogP contribution in [-0.2, 0) is 4.79 Å². The molecule has 2 rings (SSSR count). The molecule has 1 aromatic carbocycles. The molecule has 90 valence electrons. The minimum Gasteiger partial charge on any atom is -0.496 e. The van der Waals surface area contributed by atoms with Crippen LogP contribution in [0.3, 0.4) is 0 Å². The highest BCUT2D eigenvalue weighted by Crippen LogP contribution is 2.20. The summed E-state index contributed by atoms with van der Waals surface area (Å²) in [5.41, 5.74) is 0.560. The topological polar surface area (TPSA) is 46.6 Å². The predicted molar refractivity (Wildman–Crippen MR) is 63.1 cm³/mol. The van der Waals surface area contributed by atoms with Crippen LogP contribution in [0.25, 0.3) is 0 Å². The molecule has 0 unspecified atom stereocenters. The van der Waals surface area contributed by atoms with E-state index in [0.29, 0.717) is 37.2 Å². The second-order valence-electron chi connectivity index (χ2n) is 4.03. The molecule has 4 nitrogen and oxygen atoms in total. The number of methoxy groups -OCH3 is 1. The van der Waals surface area contributed by atoms with Gasteiger partial charge in [-0.15, -0.1) is 0 Å². The molecule has 0 bridgehead atoms. The minimum absolute atomic E-state index is 0.0602. The molecule has 0 saturated carbocycles. The van der Waals surface area contributed by atoms with E-state index in [0.717, 1.165) is 0 Å². The van der Waals surface area contributed by atoms with Crippen molar-refractivity contribution in [1.29, 1.82) is 0 Å². The molecule has 1 fully saturated rings. The lowest BCUT2D eigenvalue weighted by Gasteiger charge is -2.26. The van der Waals surface area contributed by atoms with Crippen molar-refractivity contribution < 1.29 is 14.3 Å². The summed E-state index contributed by atoms with van der Waals surface area (Å²) in [6.07, 6.45) is 0.918.